The van der Waals surface area contributed by atoms with Crippen LogP contribution in [0.5, 0.6) is 0 Å². The van der Waals surface area contributed by atoms with Gasteiger partial charge in [0.05, 0.1) is 0 Å². The van der Waals surface area contributed by atoms with Crippen molar-refractivity contribution in [3.8, 4) is 0 Å². The summed E-state index contributed by atoms with van der Waals surface area (Å²) in [6.45, 7) is 7.47. The molecule has 0 aromatic heterocycles. The van der Waals surface area contributed by atoms with Gasteiger partial charge in [-0.05, 0) is 25.5 Å². The van der Waals surface area contributed by atoms with Gasteiger partial charge in [-0.25, -0.2) is 0 Å². The lowest BCUT2D eigenvalue weighted by molar-refractivity contribution is 0.910. The van der Waals surface area contributed by atoms with E-state index in [4.69, 9.17) is 12.2 Å². The molecule has 88 valence electrons. The van der Waals surface area contributed by atoms with E-state index >= 15 is 0 Å². The summed E-state index contributed by atoms with van der Waals surface area (Å²) in [5, 5.41) is 0.588. The third-order valence-electron chi connectivity index (χ3n) is 2.48. The predicted molar refractivity (Wildman–Crippen MR) is 79.4 cm³/mol. The monoisotopic (exact) mass is 253 g/mol. The van der Waals surface area contributed by atoms with Gasteiger partial charge in [-0.2, -0.15) is 0 Å². The molecule has 0 fully saturated rings. The van der Waals surface area contributed by atoms with Gasteiger partial charge >= 0.3 is 0 Å². The number of nitrogens with zero attached hydrogens (tertiary/aromatic N) is 1. The van der Waals surface area contributed by atoms with Gasteiger partial charge in [0, 0.05) is 17.5 Å². The van der Waals surface area contributed by atoms with Crippen molar-refractivity contribution in [3.05, 3.63) is 30.3 Å². The minimum Gasteiger partial charge on any atom is -0.328 e. The molecule has 1 nitrogen and oxygen atoms in total. The Labute approximate surface area is 108 Å². The van der Waals surface area contributed by atoms with Crippen molar-refractivity contribution in [1.82, 2.24) is 0 Å². The molecule has 1 rings (SSSR count). The standard InChI is InChI=1S/C13H19NS2/c1-4-11(3)16-13(15)14(5-2)12-9-7-6-8-10-12/h6-11H,4-5H2,1-3H3. The molecule has 1 atom stereocenters. The Morgan fingerprint density at radius 3 is 2.44 bits per heavy atom. The van der Waals surface area contributed by atoms with Crippen molar-refractivity contribution < 1.29 is 0 Å². The molecule has 0 aliphatic rings. The fourth-order valence-electron chi connectivity index (χ4n) is 1.34. The van der Waals surface area contributed by atoms with Gasteiger partial charge in [0.15, 0.2) is 0 Å². The van der Waals surface area contributed by atoms with E-state index in [1.54, 1.807) is 11.8 Å². The van der Waals surface area contributed by atoms with Crippen molar-refractivity contribution in [1.29, 1.82) is 0 Å². The number of thioether (sulfide) groups is 1. The largest absolute Gasteiger partial charge is 0.328 e. The molecule has 0 aliphatic heterocycles. The van der Waals surface area contributed by atoms with Crippen LogP contribution in [0.15, 0.2) is 30.3 Å². The second kappa shape index (κ2) is 6.92. The molecule has 0 bridgehead atoms. The van der Waals surface area contributed by atoms with Gasteiger partial charge < -0.3 is 4.90 Å². The number of hydrogen-bond donors (Lipinski definition) is 0. The average Bonchev–Trinajstić information content (AvgIpc) is 2.31. The Balaban J connectivity index is 2.71. The number of hydrogen-bond acceptors (Lipinski definition) is 2. The van der Waals surface area contributed by atoms with E-state index < -0.39 is 0 Å². The fourth-order valence-corrected chi connectivity index (χ4v) is 2.94. The Bertz CT molecular complexity index is 324. The molecule has 1 aromatic carbocycles. The molecular formula is C13H19NS2. The van der Waals surface area contributed by atoms with E-state index in [0.717, 1.165) is 17.3 Å². The predicted octanol–water partition coefficient (Wildman–Crippen LogP) is 4.33. The first-order valence-electron chi connectivity index (χ1n) is 5.72. The van der Waals surface area contributed by atoms with Gasteiger partial charge in [0.2, 0.25) is 0 Å². The first-order chi connectivity index (χ1) is 7.69. The van der Waals surface area contributed by atoms with E-state index in [9.17, 15) is 0 Å². The molecule has 3 heteroatoms. The van der Waals surface area contributed by atoms with E-state index in [1.165, 1.54) is 5.69 Å². The number of benzene rings is 1. The zero-order valence-electron chi connectivity index (χ0n) is 10.1. The normalized spacial score (nSPS) is 12.2. The first-order valence-corrected chi connectivity index (χ1v) is 7.01. The van der Waals surface area contributed by atoms with Crippen LogP contribution in [0.2, 0.25) is 0 Å². The summed E-state index contributed by atoms with van der Waals surface area (Å²) in [7, 11) is 0. The van der Waals surface area contributed by atoms with Gasteiger partial charge in [-0.1, -0.05) is 56.0 Å². The zero-order chi connectivity index (χ0) is 12.0. The van der Waals surface area contributed by atoms with Crippen LogP contribution in [0, 0.1) is 0 Å². The highest BCUT2D eigenvalue weighted by molar-refractivity contribution is 8.23. The summed E-state index contributed by atoms with van der Waals surface area (Å²) >= 11 is 7.27. The Morgan fingerprint density at radius 2 is 1.94 bits per heavy atom. The van der Waals surface area contributed by atoms with Gasteiger partial charge in [0.25, 0.3) is 0 Å². The van der Waals surface area contributed by atoms with Crippen molar-refractivity contribution in [2.24, 2.45) is 0 Å². The Kier molecular flexibility index (Phi) is 5.85. The maximum Gasteiger partial charge on any atom is 0.141 e. The molecule has 1 aromatic rings. The maximum atomic E-state index is 5.49. The lowest BCUT2D eigenvalue weighted by Gasteiger charge is -2.24. The molecule has 0 saturated heterocycles. The topological polar surface area (TPSA) is 3.24 Å². The molecule has 1 unspecified atom stereocenters. The molecule has 0 N–H and O–H groups in total. The summed E-state index contributed by atoms with van der Waals surface area (Å²) in [5.41, 5.74) is 1.19. The summed E-state index contributed by atoms with van der Waals surface area (Å²) in [6, 6.07) is 10.3. The van der Waals surface area contributed by atoms with Crippen molar-refractivity contribution in [2.75, 3.05) is 11.4 Å². The third-order valence-corrected chi connectivity index (χ3v) is 4.15. The summed E-state index contributed by atoms with van der Waals surface area (Å²) in [6.07, 6.45) is 1.15. The Hall–Kier alpha value is -0.540. The van der Waals surface area contributed by atoms with Crippen LogP contribution in [-0.2, 0) is 0 Å². The van der Waals surface area contributed by atoms with Crippen molar-refractivity contribution >= 4 is 34.0 Å². The van der Waals surface area contributed by atoms with Crippen LogP contribution in [0.4, 0.5) is 5.69 Å². The van der Waals surface area contributed by atoms with E-state index in [1.807, 2.05) is 6.07 Å². The fraction of sp³-hybridized carbons (Fsp3) is 0.462. The lowest BCUT2D eigenvalue weighted by atomic mass is 10.3. The van der Waals surface area contributed by atoms with Crippen molar-refractivity contribution in [2.45, 2.75) is 32.4 Å². The number of rotatable bonds is 4. The quantitative estimate of drug-likeness (QED) is 0.735. The van der Waals surface area contributed by atoms with Gasteiger partial charge in [-0.3, -0.25) is 0 Å². The highest BCUT2D eigenvalue weighted by atomic mass is 32.2. The number of anilines is 1. The molecule has 0 saturated carbocycles. The van der Waals surface area contributed by atoms with E-state index in [-0.39, 0.29) is 0 Å². The van der Waals surface area contributed by atoms with Crippen molar-refractivity contribution in [3.63, 3.8) is 0 Å². The smallest absolute Gasteiger partial charge is 0.141 e. The SMILES string of the molecule is CCC(C)SC(=S)N(CC)c1ccccc1. The molecule has 0 radical (unpaired) electrons. The summed E-state index contributed by atoms with van der Waals surface area (Å²) < 4.78 is 0.975. The average molecular weight is 253 g/mol. The van der Waals surface area contributed by atoms with Crippen LogP contribution in [-0.4, -0.2) is 16.1 Å². The molecule has 16 heavy (non-hydrogen) atoms. The molecular weight excluding hydrogens is 234 g/mol. The minimum absolute atomic E-state index is 0.588. The highest BCUT2D eigenvalue weighted by Crippen LogP contribution is 2.23. The molecule has 0 amide bonds. The second-order valence-corrected chi connectivity index (χ2v) is 5.75. The van der Waals surface area contributed by atoms with Gasteiger partial charge in [-0.15, -0.1) is 0 Å². The first kappa shape index (κ1) is 13.5. The maximum absolute atomic E-state index is 5.49. The Morgan fingerprint density at radius 1 is 1.31 bits per heavy atom. The van der Waals surface area contributed by atoms with Gasteiger partial charge in [0.1, 0.15) is 4.32 Å². The van der Waals surface area contributed by atoms with E-state index in [0.29, 0.717) is 5.25 Å². The zero-order valence-corrected chi connectivity index (χ0v) is 11.8. The number of para-hydroxylation sites is 1. The highest BCUT2D eigenvalue weighted by Gasteiger charge is 2.12. The molecule has 0 aliphatic carbocycles. The summed E-state index contributed by atoms with van der Waals surface area (Å²) in [5.74, 6) is 0. The molecule has 0 spiro atoms. The lowest BCUT2D eigenvalue weighted by Crippen LogP contribution is -2.27. The van der Waals surface area contributed by atoms with E-state index in [2.05, 4.69) is 49.9 Å². The van der Waals surface area contributed by atoms with Crippen LogP contribution < -0.4 is 4.90 Å². The third kappa shape index (κ3) is 3.80. The van der Waals surface area contributed by atoms with Crippen LogP contribution >= 0.6 is 24.0 Å². The van der Waals surface area contributed by atoms with Crippen LogP contribution in [0.3, 0.4) is 0 Å². The number of thiocarbonyl (C=S) groups is 1. The molecule has 0 heterocycles. The second-order valence-electron chi connectivity index (χ2n) is 3.68. The summed E-state index contributed by atoms with van der Waals surface area (Å²) in [4.78, 5) is 2.19. The minimum atomic E-state index is 0.588. The van der Waals surface area contributed by atoms with Crippen LogP contribution in [0.1, 0.15) is 27.2 Å². The van der Waals surface area contributed by atoms with Crippen LogP contribution in [0.25, 0.3) is 0 Å².